The lowest BCUT2D eigenvalue weighted by molar-refractivity contribution is -0.0538. The fourth-order valence-corrected chi connectivity index (χ4v) is 4.37. The molecule has 2 aromatic rings. The van der Waals surface area contributed by atoms with Crippen LogP contribution in [0, 0.1) is 12.8 Å². The van der Waals surface area contributed by atoms with Crippen LogP contribution in [-0.2, 0) is 0 Å². The Bertz CT molecular complexity index is 750. The van der Waals surface area contributed by atoms with Crippen LogP contribution in [0.5, 0.6) is 0 Å². The molecule has 4 nitrogen and oxygen atoms in total. The molecule has 0 aliphatic carbocycles. The second-order valence-corrected chi connectivity index (χ2v) is 7.34. The molecule has 1 aromatic carbocycles. The molecule has 1 aromatic heterocycles. The molecule has 2 aliphatic heterocycles. The number of pyridine rings is 1. The van der Waals surface area contributed by atoms with E-state index in [4.69, 9.17) is 11.6 Å². The smallest absolute Gasteiger partial charge is 0.0752 e. The Balaban J connectivity index is 1.73. The van der Waals surface area contributed by atoms with E-state index < -0.39 is 5.60 Å². The van der Waals surface area contributed by atoms with Gasteiger partial charge >= 0.3 is 0 Å². The van der Waals surface area contributed by atoms with Crippen LogP contribution in [0.3, 0.4) is 0 Å². The highest BCUT2D eigenvalue weighted by molar-refractivity contribution is 6.31. The van der Waals surface area contributed by atoms with Crippen molar-refractivity contribution in [2.24, 2.45) is 5.92 Å². The van der Waals surface area contributed by atoms with Gasteiger partial charge in [0.2, 0.25) is 0 Å². The average molecular weight is 332 g/mol. The fraction of sp³-hybridized carbons (Fsp3) is 0.500. The van der Waals surface area contributed by atoms with Gasteiger partial charge < -0.3 is 15.3 Å². The minimum absolute atomic E-state index is 0.272. The number of anilines is 1. The Morgan fingerprint density at radius 2 is 2.26 bits per heavy atom. The molecule has 2 atom stereocenters. The Morgan fingerprint density at radius 3 is 3.13 bits per heavy atom. The van der Waals surface area contributed by atoms with Gasteiger partial charge in [-0.2, -0.15) is 0 Å². The molecular weight excluding hydrogens is 310 g/mol. The Morgan fingerprint density at radius 1 is 1.39 bits per heavy atom. The van der Waals surface area contributed by atoms with E-state index in [1.54, 1.807) is 0 Å². The highest BCUT2D eigenvalue weighted by Gasteiger charge is 2.43. The molecular formula is C18H22ClN3O. The molecule has 5 heteroatoms. The third-order valence-electron chi connectivity index (χ3n) is 5.46. The zero-order chi connectivity index (χ0) is 16.0. The molecule has 0 radical (unpaired) electrons. The second kappa shape index (κ2) is 5.62. The molecule has 2 N–H and O–H groups in total. The van der Waals surface area contributed by atoms with Crippen molar-refractivity contribution >= 4 is 28.2 Å². The predicted molar refractivity (Wildman–Crippen MR) is 94.2 cm³/mol. The van der Waals surface area contributed by atoms with Crippen LogP contribution in [0.2, 0.25) is 5.02 Å². The van der Waals surface area contributed by atoms with Gasteiger partial charge in [0.25, 0.3) is 0 Å². The topological polar surface area (TPSA) is 48.4 Å². The molecule has 23 heavy (non-hydrogen) atoms. The van der Waals surface area contributed by atoms with Crippen molar-refractivity contribution in [1.29, 1.82) is 0 Å². The first kappa shape index (κ1) is 15.2. The number of nitrogens with zero attached hydrogens (tertiary/aromatic N) is 2. The first-order valence-corrected chi connectivity index (χ1v) is 8.67. The number of aryl methyl sites for hydroxylation is 1. The van der Waals surface area contributed by atoms with E-state index in [1.165, 1.54) is 5.69 Å². The lowest BCUT2D eigenvalue weighted by Gasteiger charge is -2.48. The summed E-state index contributed by atoms with van der Waals surface area (Å²) in [6.07, 6.45) is 3.55. The van der Waals surface area contributed by atoms with Crippen LogP contribution in [0.4, 0.5) is 5.69 Å². The van der Waals surface area contributed by atoms with E-state index >= 15 is 0 Å². The first-order valence-electron chi connectivity index (χ1n) is 8.30. The van der Waals surface area contributed by atoms with Gasteiger partial charge in [0.15, 0.2) is 0 Å². The van der Waals surface area contributed by atoms with E-state index in [9.17, 15) is 5.11 Å². The third kappa shape index (κ3) is 2.59. The number of rotatable bonds is 1. The molecule has 2 aliphatic rings. The van der Waals surface area contributed by atoms with Crippen molar-refractivity contribution in [3.8, 4) is 0 Å². The van der Waals surface area contributed by atoms with Crippen LogP contribution in [0.15, 0.2) is 24.4 Å². The van der Waals surface area contributed by atoms with Crippen molar-refractivity contribution < 1.29 is 5.11 Å². The lowest BCUT2D eigenvalue weighted by atomic mass is 9.76. The van der Waals surface area contributed by atoms with E-state index in [-0.39, 0.29) is 5.92 Å². The van der Waals surface area contributed by atoms with E-state index in [0.29, 0.717) is 0 Å². The number of halogens is 1. The predicted octanol–water partition coefficient (Wildman–Crippen LogP) is 2.75. The summed E-state index contributed by atoms with van der Waals surface area (Å²) >= 11 is 6.27. The zero-order valence-corrected chi connectivity index (χ0v) is 14.1. The Hall–Kier alpha value is -1.36. The molecule has 0 spiro atoms. The highest BCUT2D eigenvalue weighted by atomic mass is 35.5. The summed E-state index contributed by atoms with van der Waals surface area (Å²) in [5.41, 5.74) is 2.78. The summed E-state index contributed by atoms with van der Waals surface area (Å²) < 4.78 is 0. The molecule has 0 unspecified atom stereocenters. The van der Waals surface area contributed by atoms with Crippen molar-refractivity contribution in [2.75, 3.05) is 31.1 Å². The average Bonchev–Trinajstić information content (AvgIpc) is 2.53. The van der Waals surface area contributed by atoms with Gasteiger partial charge in [0.1, 0.15) is 0 Å². The Kier molecular flexibility index (Phi) is 3.71. The summed E-state index contributed by atoms with van der Waals surface area (Å²) in [6.45, 7) is 5.59. The molecule has 2 fully saturated rings. The monoisotopic (exact) mass is 331 g/mol. The summed E-state index contributed by atoms with van der Waals surface area (Å²) in [4.78, 5) is 6.91. The van der Waals surface area contributed by atoms with Crippen LogP contribution in [-0.4, -0.2) is 41.9 Å². The summed E-state index contributed by atoms with van der Waals surface area (Å²) in [6, 6.07) is 6.03. The Labute approximate surface area is 141 Å². The molecule has 0 saturated carbocycles. The summed E-state index contributed by atoms with van der Waals surface area (Å²) in [5.74, 6) is 0.272. The van der Waals surface area contributed by atoms with Crippen LogP contribution >= 0.6 is 11.6 Å². The van der Waals surface area contributed by atoms with Crippen LogP contribution in [0.1, 0.15) is 18.4 Å². The second-order valence-electron chi connectivity index (χ2n) is 6.90. The standard InChI is InChI=1S/C18H22ClN3O/c1-12-8-14(19)9-15-16(2-5-21-17(12)15)22-7-4-18(23)3-6-20-10-13(18)11-22/h2,5,8-9,13,20,23H,3-4,6-7,10-11H2,1H3/t13-,18-/m0/s1. The van der Waals surface area contributed by atoms with Gasteiger partial charge in [-0.25, -0.2) is 0 Å². The van der Waals surface area contributed by atoms with Gasteiger partial charge in [-0.3, -0.25) is 4.98 Å². The van der Waals surface area contributed by atoms with Crippen molar-refractivity contribution in [1.82, 2.24) is 10.3 Å². The fourth-order valence-electron chi connectivity index (χ4n) is 4.09. The number of hydrogen-bond donors (Lipinski definition) is 2. The van der Waals surface area contributed by atoms with Crippen LogP contribution < -0.4 is 10.2 Å². The maximum atomic E-state index is 10.9. The lowest BCUT2D eigenvalue weighted by Crippen LogP contribution is -2.59. The molecule has 4 rings (SSSR count). The summed E-state index contributed by atoms with van der Waals surface area (Å²) in [5, 5.41) is 16.1. The maximum Gasteiger partial charge on any atom is 0.0752 e. The van der Waals surface area contributed by atoms with Gasteiger partial charge in [0.05, 0.1) is 11.1 Å². The van der Waals surface area contributed by atoms with Crippen molar-refractivity contribution in [3.63, 3.8) is 0 Å². The summed E-state index contributed by atoms with van der Waals surface area (Å²) in [7, 11) is 0. The SMILES string of the molecule is Cc1cc(Cl)cc2c(N3CC[C@@]4(O)CCNC[C@H]4C3)ccnc12. The number of benzene rings is 1. The number of piperidine rings is 2. The molecule has 2 saturated heterocycles. The van der Waals surface area contributed by atoms with Crippen LogP contribution in [0.25, 0.3) is 10.9 Å². The number of nitrogens with one attached hydrogen (secondary N) is 1. The number of hydrogen-bond acceptors (Lipinski definition) is 4. The molecule has 0 bridgehead atoms. The van der Waals surface area contributed by atoms with E-state index in [0.717, 1.165) is 60.5 Å². The molecule has 0 amide bonds. The highest BCUT2D eigenvalue weighted by Crippen LogP contribution is 2.37. The van der Waals surface area contributed by atoms with E-state index in [1.807, 2.05) is 25.3 Å². The van der Waals surface area contributed by atoms with Gasteiger partial charge in [0, 0.05) is 47.8 Å². The third-order valence-corrected chi connectivity index (χ3v) is 5.68. The maximum absolute atomic E-state index is 10.9. The zero-order valence-electron chi connectivity index (χ0n) is 13.3. The normalized spacial score (nSPS) is 28.0. The number of fused-ring (bicyclic) bond motifs is 2. The minimum Gasteiger partial charge on any atom is -0.389 e. The van der Waals surface area contributed by atoms with Gasteiger partial charge in [-0.15, -0.1) is 0 Å². The quantitative estimate of drug-likeness (QED) is 0.843. The van der Waals surface area contributed by atoms with Gasteiger partial charge in [-0.05, 0) is 50.1 Å². The van der Waals surface area contributed by atoms with E-state index in [2.05, 4.69) is 21.3 Å². The van der Waals surface area contributed by atoms with Crippen molar-refractivity contribution in [3.05, 3.63) is 35.0 Å². The largest absolute Gasteiger partial charge is 0.389 e. The number of aliphatic hydroxyl groups is 1. The first-order chi connectivity index (χ1) is 11.1. The van der Waals surface area contributed by atoms with Crippen molar-refractivity contribution in [2.45, 2.75) is 25.4 Å². The molecule has 122 valence electrons. The molecule has 3 heterocycles. The van der Waals surface area contributed by atoms with Gasteiger partial charge in [-0.1, -0.05) is 11.6 Å². The number of aromatic nitrogens is 1. The minimum atomic E-state index is -0.502.